The molecule has 16 heteroatoms. The minimum absolute atomic E-state index is 0.547. The summed E-state index contributed by atoms with van der Waals surface area (Å²) in [5, 5.41) is 92.6. The van der Waals surface area contributed by atoms with E-state index in [1.807, 2.05) is 0 Å². The Kier molecular flexibility index (Phi) is 9.97. The van der Waals surface area contributed by atoms with Crippen LogP contribution in [0, 0.1) is 0 Å². The molecule has 0 unspecified atom stereocenters. The lowest BCUT2D eigenvalue weighted by Gasteiger charge is -2.47. The molecule has 3 heterocycles. The minimum atomic E-state index is -1.83. The second-order valence-corrected chi connectivity index (χ2v) is 9.09. The SMILES string of the molecule is CC(=O)N[C@H]1[C@H](OC[C@H]2O[C@@H](O)[C@H](O)[C@@H](O)[C@H]2O)O[C@H](CO)[C@@H](O)[C@@H]1O[C@@H]1O[C@@H](C)[C@@H](O)[C@@H](O)[C@@H]1O. The first kappa shape index (κ1) is 29.5. The van der Waals surface area contributed by atoms with Gasteiger partial charge in [-0.1, -0.05) is 0 Å². The normalized spacial score (nSPS) is 50.0. The van der Waals surface area contributed by atoms with Gasteiger partial charge in [-0.3, -0.25) is 4.79 Å². The zero-order valence-corrected chi connectivity index (χ0v) is 19.5. The van der Waals surface area contributed by atoms with Crippen molar-refractivity contribution < 1.29 is 74.4 Å². The molecule has 10 N–H and O–H groups in total. The van der Waals surface area contributed by atoms with Gasteiger partial charge < -0.3 is 75.0 Å². The Balaban J connectivity index is 1.79. The van der Waals surface area contributed by atoms with Crippen molar-refractivity contribution in [1.82, 2.24) is 5.32 Å². The molecule has 0 aromatic carbocycles. The predicted octanol–water partition coefficient (Wildman–Crippen LogP) is -6.40. The molecule has 0 aromatic rings. The molecular formula is C20H35NO15. The summed E-state index contributed by atoms with van der Waals surface area (Å²) in [5.74, 6) is -0.614. The number of carbonyl (C=O) groups excluding carboxylic acids is 1. The van der Waals surface area contributed by atoms with E-state index in [4.69, 9.17) is 23.7 Å². The average molecular weight is 529 g/mol. The molecule has 0 aromatic heterocycles. The van der Waals surface area contributed by atoms with Crippen molar-refractivity contribution in [3.8, 4) is 0 Å². The minimum Gasteiger partial charge on any atom is -0.394 e. The van der Waals surface area contributed by atoms with Crippen LogP contribution in [-0.2, 0) is 28.5 Å². The fraction of sp³-hybridized carbons (Fsp3) is 0.950. The van der Waals surface area contributed by atoms with Gasteiger partial charge in [-0.05, 0) is 6.92 Å². The van der Waals surface area contributed by atoms with Crippen LogP contribution in [0.2, 0.25) is 0 Å². The van der Waals surface area contributed by atoms with Crippen molar-refractivity contribution in [2.45, 2.75) is 106 Å². The maximum Gasteiger partial charge on any atom is 0.217 e. The number of rotatable bonds is 7. The van der Waals surface area contributed by atoms with Gasteiger partial charge in [0, 0.05) is 6.92 Å². The second kappa shape index (κ2) is 12.2. The number of aliphatic hydroxyl groups is 9. The van der Waals surface area contributed by atoms with E-state index in [-0.39, 0.29) is 0 Å². The molecule has 3 rings (SSSR count). The Labute approximate surface area is 205 Å². The number of hydrogen-bond donors (Lipinski definition) is 10. The van der Waals surface area contributed by atoms with Crippen molar-refractivity contribution in [2.75, 3.05) is 13.2 Å². The fourth-order valence-corrected chi connectivity index (χ4v) is 4.30. The molecule has 0 aliphatic carbocycles. The van der Waals surface area contributed by atoms with Crippen LogP contribution >= 0.6 is 0 Å². The van der Waals surface area contributed by atoms with Crippen molar-refractivity contribution >= 4 is 5.91 Å². The topological polar surface area (TPSA) is 257 Å². The van der Waals surface area contributed by atoms with E-state index < -0.39 is 111 Å². The van der Waals surface area contributed by atoms with Crippen molar-refractivity contribution in [1.29, 1.82) is 0 Å². The first-order chi connectivity index (χ1) is 16.9. The molecule has 3 saturated heterocycles. The smallest absolute Gasteiger partial charge is 0.217 e. The van der Waals surface area contributed by atoms with Crippen molar-refractivity contribution in [2.24, 2.45) is 0 Å². The maximum atomic E-state index is 11.9. The Morgan fingerprint density at radius 3 is 2.03 bits per heavy atom. The first-order valence-electron chi connectivity index (χ1n) is 11.4. The van der Waals surface area contributed by atoms with Crippen LogP contribution in [0.1, 0.15) is 13.8 Å². The summed E-state index contributed by atoms with van der Waals surface area (Å²) in [6, 6.07) is -1.31. The third kappa shape index (κ3) is 6.13. The molecule has 36 heavy (non-hydrogen) atoms. The monoisotopic (exact) mass is 529 g/mol. The highest BCUT2D eigenvalue weighted by molar-refractivity contribution is 5.73. The summed E-state index contributed by atoms with van der Waals surface area (Å²) in [5.41, 5.74) is 0. The fourth-order valence-electron chi connectivity index (χ4n) is 4.30. The van der Waals surface area contributed by atoms with Gasteiger partial charge in [0.1, 0.15) is 67.1 Å². The highest BCUT2D eigenvalue weighted by Crippen LogP contribution is 2.30. The third-order valence-electron chi connectivity index (χ3n) is 6.43. The van der Waals surface area contributed by atoms with Crippen molar-refractivity contribution in [3.05, 3.63) is 0 Å². The average Bonchev–Trinajstić information content (AvgIpc) is 2.83. The van der Waals surface area contributed by atoms with E-state index in [1.54, 1.807) is 0 Å². The van der Waals surface area contributed by atoms with Crippen molar-refractivity contribution in [3.63, 3.8) is 0 Å². The molecule has 0 radical (unpaired) electrons. The Hall–Kier alpha value is -1.09. The van der Waals surface area contributed by atoms with Crippen LogP contribution < -0.4 is 5.32 Å². The molecule has 1 amide bonds. The molecule has 3 aliphatic rings. The summed E-state index contributed by atoms with van der Waals surface area (Å²) >= 11 is 0. The van der Waals surface area contributed by atoms with E-state index >= 15 is 0 Å². The Morgan fingerprint density at radius 1 is 0.778 bits per heavy atom. The lowest BCUT2D eigenvalue weighted by molar-refractivity contribution is -0.346. The molecule has 16 nitrogen and oxygen atoms in total. The van der Waals surface area contributed by atoms with Crippen LogP contribution in [0.25, 0.3) is 0 Å². The van der Waals surface area contributed by atoms with Gasteiger partial charge in [-0.2, -0.15) is 0 Å². The summed E-state index contributed by atoms with van der Waals surface area (Å²) in [6.07, 6.45) is -21.5. The summed E-state index contributed by atoms with van der Waals surface area (Å²) < 4.78 is 27.3. The largest absolute Gasteiger partial charge is 0.394 e. The summed E-state index contributed by atoms with van der Waals surface area (Å²) in [7, 11) is 0. The van der Waals surface area contributed by atoms with Crippen LogP contribution in [0.5, 0.6) is 0 Å². The lowest BCUT2D eigenvalue weighted by atomic mass is 9.95. The second-order valence-electron chi connectivity index (χ2n) is 9.09. The van der Waals surface area contributed by atoms with E-state index in [2.05, 4.69) is 5.32 Å². The number of nitrogens with one attached hydrogen (secondary N) is 1. The number of hydrogen-bond acceptors (Lipinski definition) is 15. The van der Waals surface area contributed by atoms with Crippen LogP contribution in [-0.4, -0.2) is 157 Å². The standard InChI is InChI=1S/C20H35NO15/c1-5-10(24)13(27)16(30)20(33-5)36-17-9(21-6(2)23)19(35-7(3-22)12(17)26)32-4-8-11(25)14(28)15(29)18(31)34-8/h5,7-20,22,24-31H,3-4H2,1-2H3,(H,21,23)/t5-,7+,8+,9+,10+,11-,12+,13+,14-,15+,16-,17+,18+,19+,20-/m0/s1. The third-order valence-corrected chi connectivity index (χ3v) is 6.43. The van der Waals surface area contributed by atoms with E-state index in [1.165, 1.54) is 6.92 Å². The molecule has 0 bridgehead atoms. The number of aliphatic hydroxyl groups excluding tert-OH is 9. The Bertz CT molecular complexity index is 731. The van der Waals surface area contributed by atoms with Gasteiger partial charge in [-0.15, -0.1) is 0 Å². The maximum absolute atomic E-state index is 11.9. The number of carbonyl (C=O) groups is 1. The van der Waals surface area contributed by atoms with Crippen LogP contribution in [0.4, 0.5) is 0 Å². The molecule has 0 spiro atoms. The number of amides is 1. The summed E-state index contributed by atoms with van der Waals surface area (Å²) in [6.45, 7) is 1.29. The summed E-state index contributed by atoms with van der Waals surface area (Å²) in [4.78, 5) is 11.9. The molecule has 210 valence electrons. The van der Waals surface area contributed by atoms with Gasteiger partial charge in [0.15, 0.2) is 18.9 Å². The van der Waals surface area contributed by atoms with E-state index in [0.29, 0.717) is 0 Å². The molecule has 0 saturated carbocycles. The molecule has 3 fully saturated rings. The molecular weight excluding hydrogens is 494 g/mol. The highest BCUT2D eigenvalue weighted by atomic mass is 16.7. The Morgan fingerprint density at radius 2 is 1.42 bits per heavy atom. The highest BCUT2D eigenvalue weighted by Gasteiger charge is 2.52. The number of ether oxygens (including phenoxy) is 5. The van der Waals surface area contributed by atoms with Gasteiger partial charge >= 0.3 is 0 Å². The molecule has 3 aliphatic heterocycles. The predicted molar refractivity (Wildman–Crippen MR) is 111 cm³/mol. The van der Waals surface area contributed by atoms with Gasteiger partial charge in [0.05, 0.1) is 19.3 Å². The molecule has 15 atom stereocenters. The van der Waals surface area contributed by atoms with Crippen LogP contribution in [0.3, 0.4) is 0 Å². The van der Waals surface area contributed by atoms with E-state index in [9.17, 15) is 50.8 Å². The zero-order chi connectivity index (χ0) is 26.9. The first-order valence-corrected chi connectivity index (χ1v) is 11.4. The quantitative estimate of drug-likeness (QED) is 0.147. The zero-order valence-electron chi connectivity index (χ0n) is 19.5. The lowest BCUT2D eigenvalue weighted by Crippen LogP contribution is -2.68. The van der Waals surface area contributed by atoms with Gasteiger partial charge in [-0.25, -0.2) is 0 Å². The van der Waals surface area contributed by atoms with Gasteiger partial charge in [0.25, 0.3) is 0 Å². The van der Waals surface area contributed by atoms with Crippen LogP contribution in [0.15, 0.2) is 0 Å². The van der Waals surface area contributed by atoms with E-state index in [0.717, 1.165) is 6.92 Å². The van der Waals surface area contributed by atoms with Gasteiger partial charge in [0.2, 0.25) is 5.91 Å².